The summed E-state index contributed by atoms with van der Waals surface area (Å²) < 4.78 is 12.0. The van der Waals surface area contributed by atoms with Crippen molar-refractivity contribution in [3.05, 3.63) is 81.8 Å². The van der Waals surface area contributed by atoms with Crippen LogP contribution in [-0.4, -0.2) is 19.6 Å². The lowest BCUT2D eigenvalue weighted by Crippen LogP contribution is -2.20. The topological polar surface area (TPSA) is 59.6 Å². The van der Waals surface area contributed by atoms with Crippen LogP contribution in [0.25, 0.3) is 0 Å². The van der Waals surface area contributed by atoms with E-state index in [9.17, 15) is 4.79 Å². The molecule has 3 rings (SSSR count). The van der Waals surface area contributed by atoms with E-state index in [0.29, 0.717) is 18.0 Å². The smallest absolute Gasteiger partial charge is 0.262 e. The number of para-hydroxylation sites is 1. The molecule has 0 aromatic heterocycles. The zero-order valence-electron chi connectivity index (χ0n) is 17.3. The quantitative estimate of drug-likeness (QED) is 0.444. The van der Waals surface area contributed by atoms with Crippen LogP contribution in [0.4, 0.5) is 11.4 Å². The normalized spacial score (nSPS) is 10.4. The number of methoxy groups -OCH3 is 1. The third kappa shape index (κ3) is 5.76. The van der Waals surface area contributed by atoms with Gasteiger partial charge in [0.05, 0.1) is 11.6 Å². The fourth-order valence-electron chi connectivity index (χ4n) is 3.08. The lowest BCUT2D eigenvalue weighted by atomic mass is 10.1. The van der Waals surface area contributed by atoms with Gasteiger partial charge in [0.15, 0.2) is 18.1 Å². The first-order chi connectivity index (χ1) is 14.5. The Labute approximate surface area is 185 Å². The summed E-state index contributed by atoms with van der Waals surface area (Å²) in [6, 6.07) is 19.5. The van der Waals surface area contributed by atoms with Gasteiger partial charge in [-0.15, -0.1) is 0 Å². The average molecular weight is 469 g/mol. The maximum absolute atomic E-state index is 12.2. The summed E-state index contributed by atoms with van der Waals surface area (Å²) in [5.41, 5.74) is 5.28. The molecular weight excluding hydrogens is 444 g/mol. The molecule has 0 atom stereocenters. The summed E-state index contributed by atoms with van der Waals surface area (Å²) in [4.78, 5) is 12.2. The van der Waals surface area contributed by atoms with Crippen LogP contribution in [0.1, 0.15) is 16.7 Å². The van der Waals surface area contributed by atoms with E-state index >= 15 is 0 Å². The van der Waals surface area contributed by atoms with Crippen LogP contribution < -0.4 is 20.1 Å². The van der Waals surface area contributed by atoms with Crippen LogP contribution in [0.5, 0.6) is 11.5 Å². The standard InChI is InChI=1S/C24H25BrN2O3/c1-16-9-10-21(17(2)11-16)26-14-18-12-20(25)24(22(13-18)29-3)30-15-23(28)27-19-7-5-4-6-8-19/h4-13,26H,14-15H2,1-3H3,(H,27,28). The molecule has 0 aliphatic heterocycles. The lowest BCUT2D eigenvalue weighted by molar-refractivity contribution is -0.118. The van der Waals surface area contributed by atoms with E-state index in [0.717, 1.165) is 21.4 Å². The molecule has 0 saturated carbocycles. The Balaban J connectivity index is 1.65. The van der Waals surface area contributed by atoms with Crippen LogP contribution in [0.3, 0.4) is 0 Å². The minimum atomic E-state index is -0.240. The molecule has 156 valence electrons. The Morgan fingerprint density at radius 2 is 1.80 bits per heavy atom. The van der Waals surface area contributed by atoms with Crippen molar-refractivity contribution >= 4 is 33.2 Å². The predicted molar refractivity (Wildman–Crippen MR) is 125 cm³/mol. The van der Waals surface area contributed by atoms with Crippen LogP contribution >= 0.6 is 15.9 Å². The first-order valence-corrected chi connectivity index (χ1v) is 10.4. The van der Waals surface area contributed by atoms with Crippen LogP contribution in [0.2, 0.25) is 0 Å². The second kappa shape index (κ2) is 10.2. The summed E-state index contributed by atoms with van der Waals surface area (Å²) in [5.74, 6) is 0.820. The third-order valence-electron chi connectivity index (χ3n) is 4.56. The molecule has 0 aliphatic rings. The number of hydrogen-bond acceptors (Lipinski definition) is 4. The fourth-order valence-corrected chi connectivity index (χ4v) is 3.68. The molecule has 5 nitrogen and oxygen atoms in total. The summed E-state index contributed by atoms with van der Waals surface area (Å²) >= 11 is 3.54. The highest BCUT2D eigenvalue weighted by Gasteiger charge is 2.14. The summed E-state index contributed by atoms with van der Waals surface area (Å²) in [6.07, 6.45) is 0. The summed E-state index contributed by atoms with van der Waals surface area (Å²) in [6.45, 7) is 4.68. The maximum Gasteiger partial charge on any atom is 0.262 e. The summed E-state index contributed by atoms with van der Waals surface area (Å²) in [7, 11) is 1.58. The predicted octanol–water partition coefficient (Wildman–Crippen LogP) is 5.70. The van der Waals surface area contributed by atoms with E-state index in [1.54, 1.807) is 7.11 Å². The molecule has 3 aromatic carbocycles. The highest BCUT2D eigenvalue weighted by Crippen LogP contribution is 2.37. The molecule has 0 unspecified atom stereocenters. The number of aryl methyl sites for hydroxylation is 2. The Morgan fingerprint density at radius 1 is 1.03 bits per heavy atom. The van der Waals surface area contributed by atoms with Gasteiger partial charge in [0.1, 0.15) is 0 Å². The van der Waals surface area contributed by atoms with E-state index in [1.165, 1.54) is 11.1 Å². The molecule has 0 heterocycles. The van der Waals surface area contributed by atoms with E-state index in [1.807, 2.05) is 42.5 Å². The number of anilines is 2. The number of carbonyl (C=O) groups excluding carboxylic acids is 1. The van der Waals surface area contributed by atoms with E-state index in [-0.39, 0.29) is 12.5 Å². The average Bonchev–Trinajstić information content (AvgIpc) is 2.72. The Hall–Kier alpha value is -2.99. The second-order valence-electron chi connectivity index (χ2n) is 6.98. The van der Waals surface area contributed by atoms with Crippen molar-refractivity contribution in [2.45, 2.75) is 20.4 Å². The lowest BCUT2D eigenvalue weighted by Gasteiger charge is -2.16. The number of nitrogens with one attached hydrogen (secondary N) is 2. The van der Waals surface area contributed by atoms with E-state index in [4.69, 9.17) is 9.47 Å². The molecule has 6 heteroatoms. The Morgan fingerprint density at radius 3 is 2.50 bits per heavy atom. The fraction of sp³-hybridized carbons (Fsp3) is 0.208. The van der Waals surface area contributed by atoms with Crippen molar-refractivity contribution in [1.29, 1.82) is 0 Å². The molecule has 0 fully saturated rings. The highest BCUT2D eigenvalue weighted by molar-refractivity contribution is 9.10. The largest absolute Gasteiger partial charge is 0.493 e. The SMILES string of the molecule is COc1cc(CNc2ccc(C)cc2C)cc(Br)c1OCC(=O)Nc1ccccc1. The number of rotatable bonds is 8. The highest BCUT2D eigenvalue weighted by atomic mass is 79.9. The second-order valence-corrected chi connectivity index (χ2v) is 7.84. The number of amides is 1. The molecule has 1 amide bonds. The van der Waals surface area contributed by atoms with Gasteiger partial charge in [-0.25, -0.2) is 0 Å². The molecule has 0 aliphatic carbocycles. The van der Waals surface area contributed by atoms with Crippen LogP contribution in [-0.2, 0) is 11.3 Å². The number of ether oxygens (including phenoxy) is 2. The first kappa shape index (κ1) is 21.7. The molecule has 0 radical (unpaired) electrons. The van der Waals surface area contributed by atoms with Crippen LogP contribution in [0.15, 0.2) is 65.1 Å². The van der Waals surface area contributed by atoms with Crippen molar-refractivity contribution in [2.24, 2.45) is 0 Å². The number of benzene rings is 3. The third-order valence-corrected chi connectivity index (χ3v) is 5.15. The minimum absolute atomic E-state index is 0.121. The van der Waals surface area contributed by atoms with Gasteiger partial charge in [0.2, 0.25) is 0 Å². The van der Waals surface area contributed by atoms with Gasteiger partial charge in [-0.1, -0.05) is 35.9 Å². The van der Waals surface area contributed by atoms with Crippen molar-refractivity contribution < 1.29 is 14.3 Å². The van der Waals surface area contributed by atoms with Gasteiger partial charge in [0, 0.05) is 17.9 Å². The molecular formula is C24H25BrN2O3. The van der Waals surface area contributed by atoms with Gasteiger partial charge in [-0.05, 0) is 71.2 Å². The van der Waals surface area contributed by atoms with Gasteiger partial charge < -0.3 is 20.1 Å². The van der Waals surface area contributed by atoms with Crippen molar-refractivity contribution in [3.63, 3.8) is 0 Å². The molecule has 2 N–H and O–H groups in total. The zero-order chi connectivity index (χ0) is 21.5. The zero-order valence-corrected chi connectivity index (χ0v) is 18.9. The van der Waals surface area contributed by atoms with E-state index in [2.05, 4.69) is 58.6 Å². The number of halogens is 1. The van der Waals surface area contributed by atoms with Crippen LogP contribution in [0, 0.1) is 13.8 Å². The van der Waals surface area contributed by atoms with Crippen molar-refractivity contribution in [2.75, 3.05) is 24.4 Å². The molecule has 30 heavy (non-hydrogen) atoms. The van der Waals surface area contributed by atoms with Gasteiger partial charge >= 0.3 is 0 Å². The van der Waals surface area contributed by atoms with Gasteiger partial charge in [-0.3, -0.25) is 4.79 Å². The van der Waals surface area contributed by atoms with Crippen molar-refractivity contribution in [3.8, 4) is 11.5 Å². The Bertz CT molecular complexity index is 1020. The minimum Gasteiger partial charge on any atom is -0.493 e. The molecule has 0 bridgehead atoms. The molecule has 0 spiro atoms. The van der Waals surface area contributed by atoms with Gasteiger partial charge in [-0.2, -0.15) is 0 Å². The van der Waals surface area contributed by atoms with E-state index < -0.39 is 0 Å². The monoisotopic (exact) mass is 468 g/mol. The first-order valence-electron chi connectivity index (χ1n) is 9.61. The Kier molecular flexibility index (Phi) is 7.36. The van der Waals surface area contributed by atoms with Crippen molar-refractivity contribution in [1.82, 2.24) is 0 Å². The maximum atomic E-state index is 12.2. The molecule has 3 aromatic rings. The van der Waals surface area contributed by atoms with Gasteiger partial charge in [0.25, 0.3) is 5.91 Å². The number of hydrogen-bond donors (Lipinski definition) is 2. The summed E-state index contributed by atoms with van der Waals surface area (Å²) in [5, 5.41) is 6.25. The molecule has 0 saturated heterocycles. The number of carbonyl (C=O) groups is 1.